The van der Waals surface area contributed by atoms with Gasteiger partial charge in [0.15, 0.2) is 0 Å². The van der Waals surface area contributed by atoms with Crippen LogP contribution in [-0.4, -0.2) is 19.7 Å². The van der Waals surface area contributed by atoms with E-state index in [1.54, 1.807) is 7.11 Å². The summed E-state index contributed by atoms with van der Waals surface area (Å²) in [6.45, 7) is 8.67. The number of methoxy groups -OCH3 is 1. The molecule has 3 aromatic carbocycles. The van der Waals surface area contributed by atoms with Gasteiger partial charge in [-0.1, -0.05) is 42.5 Å². The van der Waals surface area contributed by atoms with Crippen LogP contribution in [0, 0.1) is 20.8 Å². The molecule has 156 valence electrons. The molecule has 0 bridgehead atoms. The highest BCUT2D eigenvalue weighted by Crippen LogP contribution is 2.33. The summed E-state index contributed by atoms with van der Waals surface area (Å²) in [4.78, 5) is 11.9. The van der Waals surface area contributed by atoms with Crippen molar-refractivity contribution in [3.63, 3.8) is 0 Å². The second-order valence-corrected chi connectivity index (χ2v) is 7.66. The van der Waals surface area contributed by atoms with Crippen molar-refractivity contribution < 1.29 is 14.3 Å². The molecular formula is C27H30O3. The lowest BCUT2D eigenvalue weighted by Gasteiger charge is -2.15. The molecule has 0 N–H and O–H groups in total. The lowest BCUT2D eigenvalue weighted by molar-refractivity contribution is -0.143. The van der Waals surface area contributed by atoms with Gasteiger partial charge in [-0.25, -0.2) is 0 Å². The van der Waals surface area contributed by atoms with Gasteiger partial charge in [0, 0.05) is 6.42 Å². The van der Waals surface area contributed by atoms with Crippen molar-refractivity contribution >= 4 is 5.97 Å². The predicted octanol–water partition coefficient (Wildman–Crippen LogP) is 6.45. The molecule has 3 rings (SSSR count). The van der Waals surface area contributed by atoms with E-state index in [0.29, 0.717) is 19.4 Å². The van der Waals surface area contributed by atoms with Crippen LogP contribution in [0.2, 0.25) is 0 Å². The minimum absolute atomic E-state index is 0.174. The highest BCUT2D eigenvalue weighted by atomic mass is 16.5. The number of carbonyl (C=O) groups excluding carboxylic acids is 1. The molecule has 0 saturated heterocycles. The number of aryl methyl sites for hydroxylation is 4. The van der Waals surface area contributed by atoms with Crippen molar-refractivity contribution in [1.29, 1.82) is 0 Å². The van der Waals surface area contributed by atoms with E-state index < -0.39 is 0 Å². The number of carbonyl (C=O) groups is 1. The number of rotatable bonds is 7. The third-order valence-electron chi connectivity index (χ3n) is 5.57. The van der Waals surface area contributed by atoms with Gasteiger partial charge in [-0.05, 0) is 90.8 Å². The molecule has 3 aromatic rings. The molecule has 0 aliphatic carbocycles. The van der Waals surface area contributed by atoms with Gasteiger partial charge in [-0.15, -0.1) is 0 Å². The van der Waals surface area contributed by atoms with Crippen LogP contribution in [-0.2, 0) is 16.0 Å². The van der Waals surface area contributed by atoms with E-state index in [1.165, 1.54) is 27.8 Å². The molecule has 0 unspecified atom stereocenters. The lowest BCUT2D eigenvalue weighted by atomic mass is 9.91. The topological polar surface area (TPSA) is 35.5 Å². The number of benzene rings is 3. The maximum absolute atomic E-state index is 11.9. The Morgan fingerprint density at radius 3 is 2.13 bits per heavy atom. The highest BCUT2D eigenvalue weighted by Gasteiger charge is 2.12. The molecule has 0 spiro atoms. The van der Waals surface area contributed by atoms with Crippen LogP contribution < -0.4 is 4.74 Å². The van der Waals surface area contributed by atoms with Crippen molar-refractivity contribution in [3.05, 3.63) is 76.9 Å². The van der Waals surface area contributed by atoms with Gasteiger partial charge in [0.25, 0.3) is 0 Å². The summed E-state index contributed by atoms with van der Waals surface area (Å²) in [6.07, 6.45) is 0.969. The molecule has 3 nitrogen and oxygen atoms in total. The van der Waals surface area contributed by atoms with E-state index in [4.69, 9.17) is 9.47 Å². The van der Waals surface area contributed by atoms with Crippen molar-refractivity contribution in [3.8, 4) is 28.0 Å². The number of ether oxygens (including phenoxy) is 2. The summed E-state index contributed by atoms with van der Waals surface area (Å²) in [5, 5.41) is 0. The predicted molar refractivity (Wildman–Crippen MR) is 123 cm³/mol. The summed E-state index contributed by atoms with van der Waals surface area (Å²) in [6, 6.07) is 19.2. The largest absolute Gasteiger partial charge is 0.497 e. The Morgan fingerprint density at radius 1 is 0.800 bits per heavy atom. The zero-order chi connectivity index (χ0) is 21.7. The monoisotopic (exact) mass is 402 g/mol. The summed E-state index contributed by atoms with van der Waals surface area (Å²) < 4.78 is 10.5. The molecule has 30 heavy (non-hydrogen) atoms. The standard InChI is InChI=1S/C27H30O3/c1-6-30-27(28)14-10-23-17-24(29-5)11-13-26(23)22-9-12-25(20(4)16-22)21-8-7-18(2)19(3)15-21/h7-9,11-13,15-17H,6,10,14H2,1-5H3. The van der Waals surface area contributed by atoms with E-state index in [1.807, 2.05) is 19.1 Å². The first-order valence-corrected chi connectivity index (χ1v) is 10.4. The first-order chi connectivity index (χ1) is 14.4. The van der Waals surface area contributed by atoms with E-state index in [2.05, 4.69) is 63.2 Å². The van der Waals surface area contributed by atoms with E-state index in [9.17, 15) is 4.79 Å². The van der Waals surface area contributed by atoms with Crippen molar-refractivity contribution in [2.24, 2.45) is 0 Å². The van der Waals surface area contributed by atoms with Gasteiger partial charge in [0.1, 0.15) is 5.75 Å². The fraction of sp³-hybridized carbons (Fsp3) is 0.296. The van der Waals surface area contributed by atoms with E-state index in [0.717, 1.165) is 22.4 Å². The average Bonchev–Trinajstić information content (AvgIpc) is 2.74. The van der Waals surface area contributed by atoms with Gasteiger partial charge < -0.3 is 9.47 Å². The van der Waals surface area contributed by atoms with Crippen LogP contribution in [0.3, 0.4) is 0 Å². The average molecular weight is 403 g/mol. The maximum atomic E-state index is 11.9. The fourth-order valence-corrected chi connectivity index (χ4v) is 3.72. The Balaban J connectivity index is 1.95. The molecule has 0 aliphatic rings. The Kier molecular flexibility index (Phi) is 6.94. The third kappa shape index (κ3) is 4.91. The summed E-state index contributed by atoms with van der Waals surface area (Å²) in [5.74, 6) is 0.619. The number of hydrogen-bond donors (Lipinski definition) is 0. The third-order valence-corrected chi connectivity index (χ3v) is 5.57. The first kappa shape index (κ1) is 21.6. The van der Waals surface area contributed by atoms with E-state index >= 15 is 0 Å². The zero-order valence-corrected chi connectivity index (χ0v) is 18.5. The van der Waals surface area contributed by atoms with Crippen LogP contribution in [0.15, 0.2) is 54.6 Å². The molecule has 0 aliphatic heterocycles. The molecule has 3 heteroatoms. The molecule has 0 atom stereocenters. The molecule has 0 fully saturated rings. The van der Waals surface area contributed by atoms with Crippen molar-refractivity contribution in [2.75, 3.05) is 13.7 Å². The van der Waals surface area contributed by atoms with Gasteiger partial charge >= 0.3 is 5.97 Å². The van der Waals surface area contributed by atoms with Crippen LogP contribution in [0.1, 0.15) is 35.6 Å². The maximum Gasteiger partial charge on any atom is 0.306 e. The SMILES string of the molecule is CCOC(=O)CCc1cc(OC)ccc1-c1ccc(-c2ccc(C)c(C)c2)c(C)c1. The Morgan fingerprint density at radius 2 is 1.47 bits per heavy atom. The molecular weight excluding hydrogens is 372 g/mol. The Labute approximate surface area is 179 Å². The normalized spacial score (nSPS) is 10.7. The van der Waals surface area contributed by atoms with E-state index in [-0.39, 0.29) is 5.97 Å². The molecule has 0 aromatic heterocycles. The fourth-order valence-electron chi connectivity index (χ4n) is 3.72. The quantitative estimate of drug-likeness (QED) is 0.426. The Hall–Kier alpha value is -3.07. The smallest absolute Gasteiger partial charge is 0.306 e. The Bertz CT molecular complexity index is 1050. The summed E-state index contributed by atoms with van der Waals surface area (Å²) in [7, 11) is 1.66. The van der Waals surface area contributed by atoms with Crippen molar-refractivity contribution in [2.45, 2.75) is 40.5 Å². The summed E-state index contributed by atoms with van der Waals surface area (Å²) in [5.41, 5.74) is 9.65. The van der Waals surface area contributed by atoms with Crippen LogP contribution in [0.25, 0.3) is 22.3 Å². The molecule has 0 radical (unpaired) electrons. The summed E-state index contributed by atoms with van der Waals surface area (Å²) >= 11 is 0. The number of hydrogen-bond acceptors (Lipinski definition) is 3. The van der Waals surface area contributed by atoms with Gasteiger partial charge in [0.2, 0.25) is 0 Å². The van der Waals surface area contributed by atoms with Crippen molar-refractivity contribution in [1.82, 2.24) is 0 Å². The van der Waals surface area contributed by atoms with Crippen LogP contribution in [0.5, 0.6) is 5.75 Å². The molecule has 0 amide bonds. The van der Waals surface area contributed by atoms with Gasteiger partial charge in [0.05, 0.1) is 13.7 Å². The van der Waals surface area contributed by atoms with Gasteiger partial charge in [-0.3, -0.25) is 4.79 Å². The van der Waals surface area contributed by atoms with Crippen LogP contribution >= 0.6 is 0 Å². The second kappa shape index (κ2) is 9.62. The minimum atomic E-state index is -0.174. The zero-order valence-electron chi connectivity index (χ0n) is 18.5. The highest BCUT2D eigenvalue weighted by molar-refractivity contribution is 5.76. The molecule has 0 saturated carbocycles. The number of esters is 1. The minimum Gasteiger partial charge on any atom is -0.497 e. The second-order valence-electron chi connectivity index (χ2n) is 7.66. The van der Waals surface area contributed by atoms with Gasteiger partial charge in [-0.2, -0.15) is 0 Å². The molecule has 0 heterocycles. The first-order valence-electron chi connectivity index (χ1n) is 10.4. The van der Waals surface area contributed by atoms with Crippen LogP contribution in [0.4, 0.5) is 0 Å². The lowest BCUT2D eigenvalue weighted by Crippen LogP contribution is -2.06.